The molecule has 150 valence electrons. The minimum atomic E-state index is -0.225. The lowest BCUT2D eigenvalue weighted by molar-refractivity contribution is 0.208. The molecule has 0 amide bonds. The first-order chi connectivity index (χ1) is 13.7. The van der Waals surface area contributed by atoms with Gasteiger partial charge in [-0.1, -0.05) is 12.1 Å². The minimum Gasteiger partial charge on any atom is -0.490 e. The molecular formula is C21H26FN3O3. The summed E-state index contributed by atoms with van der Waals surface area (Å²) in [6.07, 6.45) is 1.55. The Morgan fingerprint density at radius 1 is 1.14 bits per heavy atom. The number of ether oxygens (including phenoxy) is 3. The molecule has 0 fully saturated rings. The Kier molecular flexibility index (Phi) is 7.49. The molecule has 3 rings (SSSR count). The fourth-order valence-electron chi connectivity index (χ4n) is 2.78. The largest absolute Gasteiger partial charge is 0.490 e. The van der Waals surface area contributed by atoms with E-state index in [1.54, 1.807) is 19.2 Å². The highest BCUT2D eigenvalue weighted by atomic mass is 19.1. The third kappa shape index (κ3) is 6.13. The summed E-state index contributed by atoms with van der Waals surface area (Å²) in [5.74, 6) is 1.87. The van der Waals surface area contributed by atoms with Crippen LogP contribution in [-0.2, 0) is 11.2 Å². The maximum Gasteiger partial charge on any atom is 0.195 e. The van der Waals surface area contributed by atoms with Gasteiger partial charge in [-0.25, -0.2) is 4.39 Å². The topological polar surface area (TPSA) is 64.1 Å². The van der Waals surface area contributed by atoms with Crippen LogP contribution in [0.4, 0.5) is 10.1 Å². The molecule has 0 aromatic heterocycles. The number of aliphatic imine (C=N–C) groups is 1. The van der Waals surface area contributed by atoms with Crippen molar-refractivity contribution in [1.29, 1.82) is 0 Å². The normalized spacial score (nSPS) is 13.7. The van der Waals surface area contributed by atoms with E-state index in [1.165, 1.54) is 6.07 Å². The Balaban J connectivity index is 1.62. The number of rotatable bonds is 7. The van der Waals surface area contributed by atoms with Gasteiger partial charge in [0.05, 0.1) is 26.4 Å². The van der Waals surface area contributed by atoms with Crippen LogP contribution in [0.2, 0.25) is 0 Å². The second-order valence-electron chi connectivity index (χ2n) is 6.37. The fraction of sp³-hybridized carbons (Fsp3) is 0.381. The predicted octanol–water partition coefficient (Wildman–Crippen LogP) is 3.23. The summed E-state index contributed by atoms with van der Waals surface area (Å²) in [6, 6.07) is 12.3. The Bertz CT molecular complexity index is 798. The molecule has 0 aliphatic carbocycles. The predicted molar refractivity (Wildman–Crippen MR) is 108 cm³/mol. The van der Waals surface area contributed by atoms with Crippen LogP contribution in [0.25, 0.3) is 0 Å². The van der Waals surface area contributed by atoms with Crippen LogP contribution in [0.3, 0.4) is 0 Å². The Morgan fingerprint density at radius 2 is 2.00 bits per heavy atom. The van der Waals surface area contributed by atoms with Crippen molar-refractivity contribution in [3.05, 3.63) is 53.8 Å². The summed E-state index contributed by atoms with van der Waals surface area (Å²) < 4.78 is 29.8. The van der Waals surface area contributed by atoms with Crippen molar-refractivity contribution in [2.75, 3.05) is 45.3 Å². The average Bonchev–Trinajstić information content (AvgIpc) is 2.93. The minimum absolute atomic E-state index is 0.225. The van der Waals surface area contributed by atoms with Crippen molar-refractivity contribution in [2.45, 2.75) is 12.8 Å². The number of benzene rings is 2. The van der Waals surface area contributed by atoms with Crippen molar-refractivity contribution < 1.29 is 18.6 Å². The van der Waals surface area contributed by atoms with Crippen LogP contribution in [-0.4, -0.2) is 46.0 Å². The van der Waals surface area contributed by atoms with E-state index in [2.05, 4.69) is 15.6 Å². The number of hydrogen-bond donors (Lipinski definition) is 2. The molecule has 1 aliphatic heterocycles. The van der Waals surface area contributed by atoms with E-state index in [1.807, 2.05) is 24.3 Å². The number of halogens is 1. The number of nitrogens with zero attached hydrogens (tertiary/aromatic N) is 1. The molecule has 0 radical (unpaired) electrons. The quantitative estimate of drug-likeness (QED) is 0.434. The molecule has 7 heteroatoms. The summed E-state index contributed by atoms with van der Waals surface area (Å²) >= 11 is 0. The van der Waals surface area contributed by atoms with E-state index in [-0.39, 0.29) is 5.82 Å². The zero-order chi connectivity index (χ0) is 19.6. The van der Waals surface area contributed by atoms with Gasteiger partial charge in [-0.3, -0.25) is 4.99 Å². The zero-order valence-electron chi connectivity index (χ0n) is 16.0. The SMILES string of the molecule is COCCN=C(NCCc1cccc(F)c1)Nc1ccc2c(c1)OCCCO2. The van der Waals surface area contributed by atoms with Crippen molar-refractivity contribution in [3.8, 4) is 11.5 Å². The molecular weight excluding hydrogens is 361 g/mol. The summed E-state index contributed by atoms with van der Waals surface area (Å²) in [7, 11) is 1.64. The van der Waals surface area contributed by atoms with Crippen LogP contribution < -0.4 is 20.1 Å². The molecule has 2 aromatic carbocycles. The van der Waals surface area contributed by atoms with E-state index in [0.29, 0.717) is 45.3 Å². The zero-order valence-corrected chi connectivity index (χ0v) is 16.0. The van der Waals surface area contributed by atoms with Crippen molar-refractivity contribution in [3.63, 3.8) is 0 Å². The van der Waals surface area contributed by atoms with Crippen molar-refractivity contribution in [2.24, 2.45) is 4.99 Å². The standard InChI is InChI=1S/C21H26FN3O3/c1-26-13-10-24-21(23-9-8-16-4-2-5-17(22)14-16)25-18-6-7-19-20(15-18)28-12-3-11-27-19/h2,4-7,14-15H,3,8-13H2,1H3,(H2,23,24,25). The second-order valence-corrected chi connectivity index (χ2v) is 6.37. The van der Waals surface area contributed by atoms with Gasteiger partial charge in [-0.15, -0.1) is 0 Å². The molecule has 2 aromatic rings. The first-order valence-electron chi connectivity index (χ1n) is 9.43. The highest BCUT2D eigenvalue weighted by Crippen LogP contribution is 2.32. The molecule has 2 N–H and O–H groups in total. The highest BCUT2D eigenvalue weighted by Gasteiger charge is 2.11. The summed E-state index contributed by atoms with van der Waals surface area (Å²) in [5, 5.41) is 6.56. The van der Waals surface area contributed by atoms with Gasteiger partial charge < -0.3 is 24.8 Å². The fourth-order valence-corrected chi connectivity index (χ4v) is 2.78. The van der Waals surface area contributed by atoms with E-state index >= 15 is 0 Å². The first-order valence-corrected chi connectivity index (χ1v) is 9.43. The van der Waals surface area contributed by atoms with E-state index in [4.69, 9.17) is 14.2 Å². The third-order valence-electron chi connectivity index (χ3n) is 4.17. The molecule has 0 saturated heterocycles. The molecule has 6 nitrogen and oxygen atoms in total. The maximum absolute atomic E-state index is 13.3. The molecule has 0 unspecified atom stereocenters. The molecule has 0 spiro atoms. The van der Waals surface area contributed by atoms with Gasteiger partial charge in [0.2, 0.25) is 0 Å². The smallest absolute Gasteiger partial charge is 0.195 e. The molecule has 0 atom stereocenters. The second kappa shape index (κ2) is 10.5. The Morgan fingerprint density at radius 3 is 2.82 bits per heavy atom. The molecule has 0 bridgehead atoms. The van der Waals surface area contributed by atoms with Crippen molar-refractivity contribution in [1.82, 2.24) is 5.32 Å². The highest BCUT2D eigenvalue weighted by molar-refractivity contribution is 5.94. The monoisotopic (exact) mass is 387 g/mol. The number of anilines is 1. The van der Waals surface area contributed by atoms with Gasteiger partial charge in [-0.2, -0.15) is 0 Å². The number of nitrogens with one attached hydrogen (secondary N) is 2. The lowest BCUT2D eigenvalue weighted by atomic mass is 10.1. The van der Waals surface area contributed by atoms with E-state index < -0.39 is 0 Å². The van der Waals surface area contributed by atoms with E-state index in [9.17, 15) is 4.39 Å². The van der Waals surface area contributed by atoms with Gasteiger partial charge in [0.15, 0.2) is 17.5 Å². The maximum atomic E-state index is 13.3. The first kappa shape index (κ1) is 19.9. The molecule has 1 heterocycles. The number of hydrogen-bond acceptors (Lipinski definition) is 4. The number of methoxy groups -OCH3 is 1. The molecule has 0 saturated carbocycles. The van der Waals surface area contributed by atoms with Crippen molar-refractivity contribution >= 4 is 11.6 Å². The van der Waals surface area contributed by atoms with Crippen LogP contribution in [0.5, 0.6) is 11.5 Å². The summed E-state index contributed by atoms with van der Waals surface area (Å²) in [4.78, 5) is 4.51. The van der Waals surface area contributed by atoms with Gasteiger partial charge in [0.1, 0.15) is 5.82 Å². The van der Waals surface area contributed by atoms with Crippen LogP contribution in [0.1, 0.15) is 12.0 Å². The van der Waals surface area contributed by atoms with Gasteiger partial charge in [0, 0.05) is 31.8 Å². The summed E-state index contributed by atoms with van der Waals surface area (Å²) in [5.41, 5.74) is 1.78. The van der Waals surface area contributed by atoms with Gasteiger partial charge >= 0.3 is 0 Å². The van der Waals surface area contributed by atoms with E-state index in [0.717, 1.165) is 29.2 Å². The lowest BCUT2D eigenvalue weighted by Crippen LogP contribution is -2.33. The van der Waals surface area contributed by atoms with Crippen LogP contribution in [0, 0.1) is 5.82 Å². The number of guanidine groups is 1. The molecule has 28 heavy (non-hydrogen) atoms. The lowest BCUT2D eigenvalue weighted by Gasteiger charge is -2.14. The average molecular weight is 387 g/mol. The summed E-state index contributed by atoms with van der Waals surface area (Å²) in [6.45, 7) is 2.96. The number of fused-ring (bicyclic) bond motifs is 1. The van der Waals surface area contributed by atoms with Gasteiger partial charge in [0.25, 0.3) is 0 Å². The van der Waals surface area contributed by atoms with Gasteiger partial charge in [-0.05, 0) is 36.2 Å². The third-order valence-corrected chi connectivity index (χ3v) is 4.17. The van der Waals surface area contributed by atoms with Crippen LogP contribution in [0.15, 0.2) is 47.5 Å². The Labute approximate surface area is 164 Å². The molecule has 1 aliphatic rings. The van der Waals surface area contributed by atoms with Crippen LogP contribution >= 0.6 is 0 Å². The Hall–Kier alpha value is -2.80.